The van der Waals surface area contributed by atoms with Crippen molar-refractivity contribution in [1.82, 2.24) is 5.32 Å². The minimum atomic E-state index is -0.382. The first kappa shape index (κ1) is 23.2. The SMILES string of the molecule is O=C(/C=C/c1ccccc1Cl)NC(=S)Nc1cccc(NC(=O)CCc2ccccc2)c1. The van der Waals surface area contributed by atoms with Crippen molar-refractivity contribution < 1.29 is 9.59 Å². The molecule has 3 N–H and O–H groups in total. The Morgan fingerprint density at radius 3 is 2.31 bits per heavy atom. The van der Waals surface area contributed by atoms with Crippen LogP contribution < -0.4 is 16.0 Å². The molecule has 0 radical (unpaired) electrons. The van der Waals surface area contributed by atoms with E-state index in [0.29, 0.717) is 29.2 Å². The van der Waals surface area contributed by atoms with Gasteiger partial charge in [-0.2, -0.15) is 0 Å². The summed E-state index contributed by atoms with van der Waals surface area (Å²) in [5, 5.41) is 9.10. The molecule has 0 saturated heterocycles. The number of thiocarbonyl (C=S) groups is 1. The topological polar surface area (TPSA) is 70.2 Å². The summed E-state index contributed by atoms with van der Waals surface area (Å²) in [6.45, 7) is 0. The molecule has 0 heterocycles. The fraction of sp³-hybridized carbons (Fsp3) is 0.0800. The molecule has 5 nitrogen and oxygen atoms in total. The minimum absolute atomic E-state index is 0.0772. The molecule has 0 saturated carbocycles. The first-order valence-corrected chi connectivity index (χ1v) is 10.8. The molecule has 162 valence electrons. The van der Waals surface area contributed by atoms with Gasteiger partial charge in [-0.1, -0.05) is 66.2 Å². The number of rotatable bonds is 7. The molecular weight excluding hydrogens is 442 g/mol. The number of hydrogen-bond donors (Lipinski definition) is 3. The van der Waals surface area contributed by atoms with E-state index in [1.807, 2.05) is 48.5 Å². The molecular formula is C25H22ClN3O2S. The van der Waals surface area contributed by atoms with Crippen LogP contribution >= 0.6 is 23.8 Å². The van der Waals surface area contributed by atoms with Crippen LogP contribution in [0.15, 0.2) is 84.9 Å². The van der Waals surface area contributed by atoms with Crippen LogP contribution in [0.1, 0.15) is 17.5 Å². The molecule has 3 rings (SSSR count). The third kappa shape index (κ3) is 7.65. The smallest absolute Gasteiger partial charge is 0.250 e. The summed E-state index contributed by atoms with van der Waals surface area (Å²) in [4.78, 5) is 24.4. The van der Waals surface area contributed by atoms with E-state index in [4.69, 9.17) is 23.8 Å². The second-order valence-electron chi connectivity index (χ2n) is 6.91. The van der Waals surface area contributed by atoms with Crippen molar-refractivity contribution in [2.45, 2.75) is 12.8 Å². The average molecular weight is 464 g/mol. The Morgan fingerprint density at radius 1 is 0.875 bits per heavy atom. The number of amides is 2. The van der Waals surface area contributed by atoms with E-state index < -0.39 is 0 Å². The summed E-state index contributed by atoms with van der Waals surface area (Å²) >= 11 is 11.3. The van der Waals surface area contributed by atoms with Crippen LogP contribution in [0, 0.1) is 0 Å². The maximum Gasteiger partial charge on any atom is 0.250 e. The Labute approximate surface area is 197 Å². The van der Waals surface area contributed by atoms with E-state index in [1.165, 1.54) is 6.08 Å². The van der Waals surface area contributed by atoms with Crippen LogP contribution in [-0.4, -0.2) is 16.9 Å². The monoisotopic (exact) mass is 463 g/mol. The molecule has 32 heavy (non-hydrogen) atoms. The summed E-state index contributed by atoms with van der Waals surface area (Å²) in [7, 11) is 0. The number of hydrogen-bond acceptors (Lipinski definition) is 3. The number of anilines is 2. The summed E-state index contributed by atoms with van der Waals surface area (Å²) in [5.74, 6) is -0.459. The number of carbonyl (C=O) groups excluding carboxylic acids is 2. The molecule has 0 atom stereocenters. The standard InChI is InChI=1S/C25H22ClN3O2S/c26-22-12-5-4-9-19(22)14-16-24(31)29-25(32)28-21-11-6-10-20(17-21)27-23(30)15-13-18-7-2-1-3-8-18/h1-12,14,16-17H,13,15H2,(H,27,30)(H2,28,29,31,32)/b16-14+. The van der Waals surface area contributed by atoms with Gasteiger partial charge in [0, 0.05) is 28.9 Å². The Balaban J connectivity index is 1.49. The Hall–Kier alpha value is -3.48. The van der Waals surface area contributed by atoms with Gasteiger partial charge in [0.1, 0.15) is 0 Å². The van der Waals surface area contributed by atoms with Crippen LogP contribution in [0.4, 0.5) is 11.4 Å². The second-order valence-corrected chi connectivity index (χ2v) is 7.73. The van der Waals surface area contributed by atoms with E-state index in [0.717, 1.165) is 11.1 Å². The summed E-state index contributed by atoms with van der Waals surface area (Å²) in [6.07, 6.45) is 4.03. The number of carbonyl (C=O) groups is 2. The number of halogens is 1. The second kappa shape index (κ2) is 11.8. The summed E-state index contributed by atoms with van der Waals surface area (Å²) < 4.78 is 0. The number of aryl methyl sites for hydroxylation is 1. The van der Waals surface area contributed by atoms with Crippen molar-refractivity contribution in [3.8, 4) is 0 Å². The molecule has 0 unspecified atom stereocenters. The molecule has 3 aromatic rings. The average Bonchev–Trinajstić information content (AvgIpc) is 2.78. The van der Waals surface area contributed by atoms with Crippen molar-refractivity contribution in [2.75, 3.05) is 10.6 Å². The van der Waals surface area contributed by atoms with Crippen LogP contribution in [0.3, 0.4) is 0 Å². The first-order chi connectivity index (χ1) is 15.5. The third-order valence-electron chi connectivity index (χ3n) is 4.44. The zero-order valence-corrected chi connectivity index (χ0v) is 18.7. The molecule has 2 amide bonds. The molecule has 0 spiro atoms. The lowest BCUT2D eigenvalue weighted by atomic mass is 10.1. The van der Waals surface area contributed by atoms with Gasteiger partial charge in [0.2, 0.25) is 11.8 Å². The van der Waals surface area contributed by atoms with Crippen molar-refractivity contribution in [3.05, 3.63) is 101 Å². The van der Waals surface area contributed by atoms with Gasteiger partial charge in [0.05, 0.1) is 0 Å². The van der Waals surface area contributed by atoms with E-state index >= 15 is 0 Å². The number of nitrogens with one attached hydrogen (secondary N) is 3. The Kier molecular flexibility index (Phi) is 8.54. The lowest BCUT2D eigenvalue weighted by Crippen LogP contribution is -2.32. The highest BCUT2D eigenvalue weighted by Crippen LogP contribution is 2.17. The van der Waals surface area contributed by atoms with Crippen molar-refractivity contribution >= 4 is 58.2 Å². The number of benzene rings is 3. The largest absolute Gasteiger partial charge is 0.332 e. The third-order valence-corrected chi connectivity index (χ3v) is 4.99. The van der Waals surface area contributed by atoms with Crippen molar-refractivity contribution in [2.24, 2.45) is 0 Å². The Bertz CT molecular complexity index is 1130. The normalized spacial score (nSPS) is 10.5. The zero-order chi connectivity index (χ0) is 22.8. The van der Waals surface area contributed by atoms with E-state index in [-0.39, 0.29) is 16.9 Å². The highest BCUT2D eigenvalue weighted by Gasteiger charge is 2.06. The molecule has 7 heteroatoms. The molecule has 0 aliphatic carbocycles. The minimum Gasteiger partial charge on any atom is -0.332 e. The molecule has 0 aliphatic heterocycles. The lowest BCUT2D eigenvalue weighted by molar-refractivity contribution is -0.116. The molecule has 0 bridgehead atoms. The fourth-order valence-corrected chi connectivity index (χ4v) is 3.31. The summed E-state index contributed by atoms with van der Waals surface area (Å²) in [6, 6.07) is 24.2. The van der Waals surface area contributed by atoms with E-state index in [9.17, 15) is 9.59 Å². The molecule has 0 aliphatic rings. The van der Waals surface area contributed by atoms with Crippen molar-refractivity contribution in [1.29, 1.82) is 0 Å². The van der Waals surface area contributed by atoms with Crippen molar-refractivity contribution in [3.63, 3.8) is 0 Å². The molecule has 0 fully saturated rings. The van der Waals surface area contributed by atoms with Crippen LogP contribution in [0.5, 0.6) is 0 Å². The maximum atomic E-state index is 12.2. The molecule has 0 aromatic heterocycles. The fourth-order valence-electron chi connectivity index (χ4n) is 2.89. The maximum absolute atomic E-state index is 12.2. The van der Waals surface area contributed by atoms with Gasteiger partial charge < -0.3 is 10.6 Å². The van der Waals surface area contributed by atoms with E-state index in [2.05, 4.69) is 16.0 Å². The Morgan fingerprint density at radius 2 is 1.56 bits per heavy atom. The quantitative estimate of drug-likeness (QED) is 0.322. The van der Waals surface area contributed by atoms with Gasteiger partial charge in [-0.15, -0.1) is 0 Å². The first-order valence-electron chi connectivity index (χ1n) is 9.98. The van der Waals surface area contributed by atoms with Gasteiger partial charge in [0.15, 0.2) is 5.11 Å². The van der Waals surface area contributed by atoms with Crippen LogP contribution in [-0.2, 0) is 16.0 Å². The van der Waals surface area contributed by atoms with Gasteiger partial charge in [0.25, 0.3) is 0 Å². The predicted octanol–water partition coefficient (Wildman–Crippen LogP) is 5.44. The van der Waals surface area contributed by atoms with E-state index in [1.54, 1.807) is 36.4 Å². The van der Waals surface area contributed by atoms with Crippen LogP contribution in [0.2, 0.25) is 5.02 Å². The zero-order valence-electron chi connectivity index (χ0n) is 17.2. The molecule has 3 aromatic carbocycles. The predicted molar refractivity (Wildman–Crippen MR) is 135 cm³/mol. The lowest BCUT2D eigenvalue weighted by Gasteiger charge is -2.11. The van der Waals surface area contributed by atoms with Gasteiger partial charge in [-0.3, -0.25) is 14.9 Å². The highest BCUT2D eigenvalue weighted by atomic mass is 35.5. The van der Waals surface area contributed by atoms with Crippen LogP contribution in [0.25, 0.3) is 6.08 Å². The highest BCUT2D eigenvalue weighted by molar-refractivity contribution is 7.80. The van der Waals surface area contributed by atoms with Gasteiger partial charge >= 0.3 is 0 Å². The van der Waals surface area contributed by atoms with Gasteiger partial charge in [-0.25, -0.2) is 0 Å². The summed E-state index contributed by atoms with van der Waals surface area (Å²) in [5.41, 5.74) is 3.13. The van der Waals surface area contributed by atoms with Gasteiger partial charge in [-0.05, 0) is 60.1 Å².